The summed E-state index contributed by atoms with van der Waals surface area (Å²) in [5.74, 6) is 2.87. The van der Waals surface area contributed by atoms with Crippen LogP contribution in [0.15, 0.2) is 17.5 Å². The van der Waals surface area contributed by atoms with Gasteiger partial charge >= 0.3 is 0 Å². The summed E-state index contributed by atoms with van der Waals surface area (Å²) in [7, 11) is 0. The molecule has 4 rings (SSSR count). The molecule has 1 saturated carbocycles. The molecule has 24 heavy (non-hydrogen) atoms. The van der Waals surface area contributed by atoms with E-state index in [9.17, 15) is 4.79 Å². The van der Waals surface area contributed by atoms with E-state index in [1.165, 1.54) is 17.7 Å². The topological polar surface area (TPSA) is 63.1 Å². The number of carbonyl (C=O) groups excluding carboxylic acids is 1. The third-order valence-electron chi connectivity index (χ3n) is 4.93. The van der Waals surface area contributed by atoms with Gasteiger partial charge < -0.3 is 9.88 Å². The summed E-state index contributed by atoms with van der Waals surface area (Å²) in [5.41, 5.74) is 0. The van der Waals surface area contributed by atoms with Gasteiger partial charge in [0.1, 0.15) is 11.6 Å². The highest BCUT2D eigenvalue weighted by Gasteiger charge is 2.33. The molecular weight excluding hydrogens is 322 g/mol. The summed E-state index contributed by atoms with van der Waals surface area (Å²) < 4.78 is 2.26. The highest BCUT2D eigenvalue weighted by Crippen LogP contribution is 2.39. The quantitative estimate of drug-likeness (QED) is 0.867. The Bertz CT molecular complexity index is 707. The summed E-state index contributed by atoms with van der Waals surface area (Å²) in [6, 6.07) is 4.02. The lowest BCUT2D eigenvalue weighted by Crippen LogP contribution is -2.48. The lowest BCUT2D eigenvalue weighted by atomic mass is 10.2. The van der Waals surface area contributed by atoms with Crippen LogP contribution in [0.4, 0.5) is 0 Å². The van der Waals surface area contributed by atoms with Crippen molar-refractivity contribution in [2.75, 3.05) is 13.1 Å². The second kappa shape index (κ2) is 6.64. The maximum atomic E-state index is 12.4. The van der Waals surface area contributed by atoms with Crippen molar-refractivity contribution in [3.8, 4) is 0 Å². The number of hydrogen-bond donors (Lipinski definition) is 1. The highest BCUT2D eigenvalue weighted by molar-refractivity contribution is 7.09. The maximum absolute atomic E-state index is 12.4. The molecule has 1 aliphatic carbocycles. The second-order valence-electron chi connectivity index (χ2n) is 6.67. The SMILES string of the molecule is C[C@H](C(=O)NCCc1cccs1)N1CCn2c(nnc2C2CC2)C1. The van der Waals surface area contributed by atoms with E-state index in [1.807, 2.05) is 13.0 Å². The minimum atomic E-state index is -0.136. The summed E-state index contributed by atoms with van der Waals surface area (Å²) in [5, 5.41) is 13.8. The van der Waals surface area contributed by atoms with E-state index in [1.54, 1.807) is 11.3 Å². The minimum absolute atomic E-state index is 0.0990. The molecule has 1 atom stereocenters. The molecule has 0 bridgehead atoms. The molecule has 6 nitrogen and oxygen atoms in total. The number of nitrogens with zero attached hydrogens (tertiary/aromatic N) is 4. The summed E-state index contributed by atoms with van der Waals surface area (Å²) in [6.07, 6.45) is 3.38. The van der Waals surface area contributed by atoms with Crippen LogP contribution >= 0.6 is 11.3 Å². The normalized spacial score (nSPS) is 19.0. The maximum Gasteiger partial charge on any atom is 0.237 e. The fraction of sp³-hybridized carbons (Fsp3) is 0.588. The van der Waals surface area contributed by atoms with Gasteiger partial charge in [0.05, 0.1) is 12.6 Å². The standard InChI is InChI=1S/C17H23N5OS/c1-12(17(23)18-7-6-14-3-2-10-24-14)21-8-9-22-15(11-21)19-20-16(22)13-4-5-13/h2-3,10,12-13H,4-9,11H2,1H3,(H,18,23)/t12-/m1/s1. The molecule has 2 aliphatic rings. The van der Waals surface area contributed by atoms with E-state index in [0.717, 1.165) is 31.2 Å². The number of rotatable bonds is 6. The van der Waals surface area contributed by atoms with Crippen molar-refractivity contribution >= 4 is 17.2 Å². The Morgan fingerprint density at radius 3 is 3.04 bits per heavy atom. The lowest BCUT2D eigenvalue weighted by molar-refractivity contribution is -0.126. The van der Waals surface area contributed by atoms with Crippen LogP contribution in [-0.2, 0) is 24.3 Å². The zero-order valence-electron chi connectivity index (χ0n) is 13.9. The van der Waals surface area contributed by atoms with Crippen LogP contribution in [-0.4, -0.2) is 44.7 Å². The van der Waals surface area contributed by atoms with Crippen molar-refractivity contribution in [1.29, 1.82) is 0 Å². The lowest BCUT2D eigenvalue weighted by Gasteiger charge is -2.32. The van der Waals surface area contributed by atoms with Gasteiger partial charge in [0.25, 0.3) is 0 Å². The largest absolute Gasteiger partial charge is 0.354 e. The van der Waals surface area contributed by atoms with E-state index >= 15 is 0 Å². The molecule has 0 aromatic carbocycles. The van der Waals surface area contributed by atoms with Crippen LogP contribution in [0.2, 0.25) is 0 Å². The first-order chi connectivity index (χ1) is 11.7. The third kappa shape index (κ3) is 3.23. The third-order valence-corrected chi connectivity index (χ3v) is 5.87. The Kier molecular flexibility index (Phi) is 4.37. The monoisotopic (exact) mass is 345 g/mol. The first kappa shape index (κ1) is 15.8. The molecule has 3 heterocycles. The van der Waals surface area contributed by atoms with Crippen LogP contribution in [0.1, 0.15) is 42.2 Å². The molecule has 7 heteroatoms. The van der Waals surface area contributed by atoms with Crippen LogP contribution in [0.5, 0.6) is 0 Å². The van der Waals surface area contributed by atoms with Gasteiger partial charge in [0, 0.05) is 30.4 Å². The van der Waals surface area contributed by atoms with Crippen molar-refractivity contribution < 1.29 is 4.79 Å². The molecule has 128 valence electrons. The van der Waals surface area contributed by atoms with Crippen molar-refractivity contribution in [2.45, 2.75) is 51.2 Å². The smallest absolute Gasteiger partial charge is 0.237 e. The summed E-state index contributed by atoms with van der Waals surface area (Å²) in [4.78, 5) is 15.9. The summed E-state index contributed by atoms with van der Waals surface area (Å²) >= 11 is 1.73. The molecule has 0 saturated heterocycles. The van der Waals surface area contributed by atoms with Gasteiger partial charge in [-0.3, -0.25) is 9.69 Å². The first-order valence-electron chi connectivity index (χ1n) is 8.68. The molecule has 2 aromatic heterocycles. The molecule has 1 amide bonds. The van der Waals surface area contributed by atoms with Crippen molar-refractivity contribution in [1.82, 2.24) is 25.0 Å². The van der Waals surface area contributed by atoms with Gasteiger partial charge in [-0.1, -0.05) is 6.07 Å². The number of fused-ring (bicyclic) bond motifs is 1. The van der Waals surface area contributed by atoms with Crippen molar-refractivity contribution in [3.05, 3.63) is 34.0 Å². The Hall–Kier alpha value is -1.73. The Balaban J connectivity index is 1.31. The second-order valence-corrected chi connectivity index (χ2v) is 7.70. The van der Waals surface area contributed by atoms with Gasteiger partial charge in [0.2, 0.25) is 5.91 Å². The van der Waals surface area contributed by atoms with Crippen molar-refractivity contribution in [2.24, 2.45) is 0 Å². The number of aromatic nitrogens is 3. The molecule has 1 fully saturated rings. The summed E-state index contributed by atoms with van der Waals surface area (Å²) in [6.45, 7) is 5.15. The number of carbonyl (C=O) groups is 1. The van der Waals surface area contributed by atoms with Gasteiger partial charge in [-0.05, 0) is 37.6 Å². The fourth-order valence-electron chi connectivity index (χ4n) is 3.25. The molecule has 0 radical (unpaired) electrons. The number of amides is 1. The van der Waals surface area contributed by atoms with E-state index < -0.39 is 0 Å². The number of thiophene rings is 1. The van der Waals surface area contributed by atoms with Crippen molar-refractivity contribution in [3.63, 3.8) is 0 Å². The van der Waals surface area contributed by atoms with Gasteiger partial charge in [-0.15, -0.1) is 21.5 Å². The van der Waals surface area contributed by atoms with Crippen LogP contribution < -0.4 is 5.32 Å². The van der Waals surface area contributed by atoms with Gasteiger partial charge in [-0.2, -0.15) is 0 Å². The molecule has 2 aromatic rings. The van der Waals surface area contributed by atoms with E-state index in [4.69, 9.17) is 0 Å². The molecular formula is C17H23N5OS. The van der Waals surface area contributed by atoms with Crippen LogP contribution in [0.3, 0.4) is 0 Å². The van der Waals surface area contributed by atoms with E-state index in [0.29, 0.717) is 19.0 Å². The molecule has 0 unspecified atom stereocenters. The number of nitrogens with one attached hydrogen (secondary N) is 1. The minimum Gasteiger partial charge on any atom is -0.354 e. The van der Waals surface area contributed by atoms with Crippen LogP contribution in [0, 0.1) is 0 Å². The Morgan fingerprint density at radius 2 is 2.29 bits per heavy atom. The molecule has 1 aliphatic heterocycles. The zero-order valence-corrected chi connectivity index (χ0v) is 14.8. The van der Waals surface area contributed by atoms with Gasteiger partial charge in [-0.25, -0.2) is 0 Å². The average molecular weight is 345 g/mol. The van der Waals surface area contributed by atoms with Crippen LogP contribution in [0.25, 0.3) is 0 Å². The predicted molar refractivity (Wildman–Crippen MR) is 92.9 cm³/mol. The number of hydrogen-bond acceptors (Lipinski definition) is 5. The highest BCUT2D eigenvalue weighted by atomic mass is 32.1. The van der Waals surface area contributed by atoms with E-state index in [-0.39, 0.29) is 11.9 Å². The first-order valence-corrected chi connectivity index (χ1v) is 9.56. The average Bonchev–Trinajstić information content (AvgIpc) is 3.14. The predicted octanol–water partition coefficient (Wildman–Crippen LogP) is 1.78. The zero-order chi connectivity index (χ0) is 16.5. The fourth-order valence-corrected chi connectivity index (χ4v) is 3.96. The molecule has 1 N–H and O–H groups in total. The Labute approximate surface area is 145 Å². The van der Waals surface area contributed by atoms with Gasteiger partial charge in [0.15, 0.2) is 0 Å². The Morgan fingerprint density at radius 1 is 1.42 bits per heavy atom. The molecule has 0 spiro atoms. The van der Waals surface area contributed by atoms with E-state index in [2.05, 4.69) is 36.4 Å².